The monoisotopic (exact) mass is 235 g/mol. The third-order valence-corrected chi connectivity index (χ3v) is 2.54. The van der Waals surface area contributed by atoms with Gasteiger partial charge in [0.15, 0.2) is 5.82 Å². The Morgan fingerprint density at radius 3 is 2.65 bits per heavy atom. The molecule has 17 heavy (non-hydrogen) atoms. The van der Waals surface area contributed by atoms with Crippen LogP contribution in [-0.2, 0) is 12.5 Å². The molecule has 2 rings (SSSR count). The molecule has 7 heteroatoms. The fourth-order valence-electron chi connectivity index (χ4n) is 1.76. The van der Waals surface area contributed by atoms with Gasteiger partial charge in [-0.2, -0.15) is 10.3 Å². The standard InChI is InChI=1S/C10H17N7/c1-10(2,3)8-6(5-17(4)14-8)7(11)9-12-15-16-13-9/h5,7H,11H2,1-4H3,(H,12,13,15,16). The van der Waals surface area contributed by atoms with Gasteiger partial charge in [-0.3, -0.25) is 4.68 Å². The van der Waals surface area contributed by atoms with Crippen molar-refractivity contribution in [2.45, 2.75) is 32.2 Å². The van der Waals surface area contributed by atoms with Gasteiger partial charge in [0.2, 0.25) is 0 Å². The van der Waals surface area contributed by atoms with Gasteiger partial charge >= 0.3 is 0 Å². The van der Waals surface area contributed by atoms with Crippen molar-refractivity contribution in [1.82, 2.24) is 30.4 Å². The van der Waals surface area contributed by atoms with Crippen LogP contribution in [0, 0.1) is 0 Å². The summed E-state index contributed by atoms with van der Waals surface area (Å²) in [6.45, 7) is 6.30. The summed E-state index contributed by atoms with van der Waals surface area (Å²) in [7, 11) is 1.88. The van der Waals surface area contributed by atoms with Crippen molar-refractivity contribution < 1.29 is 0 Å². The molecule has 0 aliphatic rings. The molecule has 3 N–H and O–H groups in total. The number of tetrazole rings is 1. The second-order valence-electron chi connectivity index (χ2n) is 5.10. The lowest BCUT2D eigenvalue weighted by molar-refractivity contribution is 0.544. The lowest BCUT2D eigenvalue weighted by Crippen LogP contribution is -2.21. The number of nitrogens with two attached hydrogens (primary N) is 1. The van der Waals surface area contributed by atoms with Crippen molar-refractivity contribution in [2.75, 3.05) is 0 Å². The van der Waals surface area contributed by atoms with E-state index in [1.807, 2.05) is 13.2 Å². The second kappa shape index (κ2) is 3.92. The van der Waals surface area contributed by atoms with Crippen LogP contribution in [0.1, 0.15) is 43.9 Å². The number of hydrogen-bond acceptors (Lipinski definition) is 5. The van der Waals surface area contributed by atoms with Crippen LogP contribution in [0.2, 0.25) is 0 Å². The fourth-order valence-corrected chi connectivity index (χ4v) is 1.76. The third-order valence-electron chi connectivity index (χ3n) is 2.54. The largest absolute Gasteiger partial charge is 0.317 e. The molecule has 0 aliphatic heterocycles. The Morgan fingerprint density at radius 1 is 1.41 bits per heavy atom. The molecule has 0 saturated heterocycles. The summed E-state index contributed by atoms with van der Waals surface area (Å²) in [5.41, 5.74) is 7.95. The summed E-state index contributed by atoms with van der Waals surface area (Å²) in [4.78, 5) is 0. The van der Waals surface area contributed by atoms with Crippen molar-refractivity contribution in [3.05, 3.63) is 23.3 Å². The van der Waals surface area contributed by atoms with Gasteiger partial charge in [0.05, 0.1) is 11.7 Å². The van der Waals surface area contributed by atoms with E-state index in [9.17, 15) is 0 Å². The summed E-state index contributed by atoms with van der Waals surface area (Å²) < 4.78 is 1.76. The first-order valence-electron chi connectivity index (χ1n) is 5.42. The predicted molar refractivity (Wildman–Crippen MR) is 62.1 cm³/mol. The predicted octanol–water partition coefficient (Wildman–Crippen LogP) is 0.279. The first kappa shape index (κ1) is 11.7. The Hall–Kier alpha value is -1.76. The minimum atomic E-state index is -0.406. The van der Waals surface area contributed by atoms with Gasteiger partial charge in [0.25, 0.3) is 0 Å². The number of nitrogens with one attached hydrogen (secondary N) is 1. The number of aromatic nitrogens is 6. The summed E-state index contributed by atoms with van der Waals surface area (Å²) in [5, 5.41) is 18.2. The molecule has 92 valence electrons. The van der Waals surface area contributed by atoms with Crippen LogP contribution in [0.4, 0.5) is 0 Å². The van der Waals surface area contributed by atoms with E-state index in [1.165, 1.54) is 0 Å². The van der Waals surface area contributed by atoms with Crippen LogP contribution in [0.25, 0.3) is 0 Å². The number of rotatable bonds is 2. The van der Waals surface area contributed by atoms with Gasteiger partial charge in [-0.05, 0) is 0 Å². The maximum atomic E-state index is 6.13. The number of nitrogens with zero attached hydrogens (tertiary/aromatic N) is 5. The summed E-state index contributed by atoms with van der Waals surface area (Å²) in [6, 6.07) is -0.406. The molecule has 0 saturated carbocycles. The van der Waals surface area contributed by atoms with Gasteiger partial charge < -0.3 is 5.73 Å². The normalized spacial score (nSPS) is 13.9. The lowest BCUT2D eigenvalue weighted by Gasteiger charge is -2.19. The molecule has 7 nitrogen and oxygen atoms in total. The van der Waals surface area contributed by atoms with Crippen molar-refractivity contribution >= 4 is 0 Å². The summed E-state index contributed by atoms with van der Waals surface area (Å²) in [5.74, 6) is 0.475. The van der Waals surface area contributed by atoms with E-state index in [4.69, 9.17) is 5.73 Å². The molecule has 1 atom stereocenters. The molecule has 0 fully saturated rings. The molecule has 0 spiro atoms. The highest BCUT2D eigenvalue weighted by molar-refractivity contribution is 5.30. The molecular weight excluding hydrogens is 218 g/mol. The van der Waals surface area contributed by atoms with Crippen LogP contribution in [0.5, 0.6) is 0 Å². The smallest absolute Gasteiger partial charge is 0.195 e. The number of aromatic amines is 1. The average Bonchev–Trinajstić information content (AvgIpc) is 2.83. The van der Waals surface area contributed by atoms with Crippen molar-refractivity contribution in [2.24, 2.45) is 12.8 Å². The summed E-state index contributed by atoms with van der Waals surface area (Å²) in [6.07, 6.45) is 1.90. The maximum absolute atomic E-state index is 6.13. The topological polar surface area (TPSA) is 98.3 Å². The van der Waals surface area contributed by atoms with E-state index in [-0.39, 0.29) is 5.41 Å². The van der Waals surface area contributed by atoms with E-state index in [1.54, 1.807) is 4.68 Å². The molecule has 1 unspecified atom stereocenters. The van der Waals surface area contributed by atoms with Gasteiger partial charge in [0, 0.05) is 24.2 Å². The maximum Gasteiger partial charge on any atom is 0.195 e. The Bertz CT molecular complexity index is 491. The minimum Gasteiger partial charge on any atom is -0.317 e. The Morgan fingerprint density at radius 2 is 2.12 bits per heavy atom. The van der Waals surface area contributed by atoms with Gasteiger partial charge in [0.1, 0.15) is 0 Å². The van der Waals surface area contributed by atoms with Crippen molar-refractivity contribution in [1.29, 1.82) is 0 Å². The zero-order valence-corrected chi connectivity index (χ0v) is 10.5. The zero-order chi connectivity index (χ0) is 12.6. The van der Waals surface area contributed by atoms with Crippen molar-refractivity contribution in [3.63, 3.8) is 0 Å². The van der Waals surface area contributed by atoms with E-state index >= 15 is 0 Å². The fraction of sp³-hybridized carbons (Fsp3) is 0.600. The second-order valence-corrected chi connectivity index (χ2v) is 5.10. The van der Waals surface area contributed by atoms with Crippen molar-refractivity contribution in [3.8, 4) is 0 Å². The van der Waals surface area contributed by atoms with E-state index in [0.717, 1.165) is 11.3 Å². The highest BCUT2D eigenvalue weighted by Gasteiger charge is 2.27. The molecule has 0 aliphatic carbocycles. The van der Waals surface area contributed by atoms with Crippen LogP contribution >= 0.6 is 0 Å². The minimum absolute atomic E-state index is 0.0715. The molecule has 0 aromatic carbocycles. The van der Waals surface area contributed by atoms with Gasteiger partial charge in [-0.15, -0.1) is 10.2 Å². The summed E-state index contributed by atoms with van der Waals surface area (Å²) >= 11 is 0. The Kier molecular flexibility index (Phi) is 2.70. The van der Waals surface area contributed by atoms with E-state index in [2.05, 4.69) is 46.5 Å². The molecule has 2 aromatic rings. The Labute approximate surface area is 99.4 Å². The van der Waals surface area contributed by atoms with Crippen LogP contribution in [-0.4, -0.2) is 30.4 Å². The number of hydrogen-bond donors (Lipinski definition) is 2. The first-order chi connectivity index (χ1) is 7.89. The van der Waals surface area contributed by atoms with Crippen LogP contribution in [0.3, 0.4) is 0 Å². The van der Waals surface area contributed by atoms with Crippen LogP contribution in [0.15, 0.2) is 6.20 Å². The molecule has 0 bridgehead atoms. The Balaban J connectivity index is 2.45. The molecule has 2 aromatic heterocycles. The molecule has 0 radical (unpaired) electrons. The molecule has 2 heterocycles. The zero-order valence-electron chi connectivity index (χ0n) is 10.5. The SMILES string of the molecule is Cn1cc(C(N)c2nn[nH]n2)c(C(C)(C)C)n1. The van der Waals surface area contributed by atoms with E-state index in [0.29, 0.717) is 5.82 Å². The first-order valence-corrected chi connectivity index (χ1v) is 5.42. The number of H-pyrrole nitrogens is 1. The van der Waals surface area contributed by atoms with Crippen LogP contribution < -0.4 is 5.73 Å². The van der Waals surface area contributed by atoms with Gasteiger partial charge in [-0.1, -0.05) is 26.0 Å². The highest BCUT2D eigenvalue weighted by Crippen LogP contribution is 2.28. The molecular formula is C10H17N7. The van der Waals surface area contributed by atoms with Gasteiger partial charge in [-0.25, -0.2) is 0 Å². The number of aryl methyl sites for hydroxylation is 1. The quantitative estimate of drug-likeness (QED) is 0.779. The molecule has 0 amide bonds. The van der Waals surface area contributed by atoms with E-state index < -0.39 is 6.04 Å². The third kappa shape index (κ3) is 2.19. The lowest BCUT2D eigenvalue weighted by atomic mass is 9.87. The highest BCUT2D eigenvalue weighted by atomic mass is 15.5. The average molecular weight is 235 g/mol.